The Morgan fingerprint density at radius 2 is 1.94 bits per heavy atom. The van der Waals surface area contributed by atoms with E-state index in [1.807, 2.05) is 0 Å². The van der Waals surface area contributed by atoms with Gasteiger partial charge in [-0.3, -0.25) is 4.79 Å². The van der Waals surface area contributed by atoms with Crippen LogP contribution in [0.25, 0.3) is 0 Å². The molecule has 0 saturated heterocycles. The van der Waals surface area contributed by atoms with E-state index in [4.69, 9.17) is 9.47 Å². The second kappa shape index (κ2) is 8.03. The highest BCUT2D eigenvalue weighted by Crippen LogP contribution is 2.04. The van der Waals surface area contributed by atoms with Crippen LogP contribution in [-0.2, 0) is 19.1 Å². The molecule has 0 fully saturated rings. The fourth-order valence-corrected chi connectivity index (χ4v) is 1.13. The van der Waals surface area contributed by atoms with E-state index >= 15 is 0 Å². The zero-order valence-electron chi connectivity index (χ0n) is 11.0. The van der Waals surface area contributed by atoms with Gasteiger partial charge in [0.25, 0.3) is 0 Å². The smallest absolute Gasteiger partial charge is 0.331 e. The summed E-state index contributed by atoms with van der Waals surface area (Å²) in [6.07, 6.45) is 0. The van der Waals surface area contributed by atoms with Crippen LogP contribution in [0.2, 0.25) is 0 Å². The molecule has 0 aromatic heterocycles. The van der Waals surface area contributed by atoms with Crippen molar-refractivity contribution < 1.29 is 19.1 Å². The lowest BCUT2D eigenvalue weighted by Gasteiger charge is -2.23. The summed E-state index contributed by atoms with van der Waals surface area (Å²) >= 11 is 0. The summed E-state index contributed by atoms with van der Waals surface area (Å²) in [5.74, 6) is -0.690. The Morgan fingerprint density at radius 3 is 2.47 bits per heavy atom. The van der Waals surface area contributed by atoms with Crippen LogP contribution in [-0.4, -0.2) is 50.8 Å². The van der Waals surface area contributed by atoms with E-state index in [2.05, 4.69) is 10.6 Å². The van der Waals surface area contributed by atoms with Crippen LogP contribution in [0.4, 0.5) is 0 Å². The molecule has 6 nitrogen and oxygen atoms in total. The summed E-state index contributed by atoms with van der Waals surface area (Å²) in [6.45, 7) is 6.51. The molecule has 0 bridgehead atoms. The van der Waals surface area contributed by atoms with Gasteiger partial charge in [-0.2, -0.15) is 0 Å². The molecule has 0 aliphatic carbocycles. The average molecular weight is 246 g/mol. The molecule has 100 valence electrons. The van der Waals surface area contributed by atoms with Crippen molar-refractivity contribution in [2.75, 3.05) is 33.4 Å². The third-order valence-corrected chi connectivity index (χ3v) is 2.01. The van der Waals surface area contributed by atoms with Crippen LogP contribution in [0.1, 0.15) is 20.8 Å². The first kappa shape index (κ1) is 15.9. The molecule has 0 aromatic rings. The maximum Gasteiger partial charge on any atom is 0.331 e. The van der Waals surface area contributed by atoms with E-state index in [-0.39, 0.29) is 12.5 Å². The first-order valence-corrected chi connectivity index (χ1v) is 5.62. The van der Waals surface area contributed by atoms with Crippen LogP contribution in [0.15, 0.2) is 0 Å². The summed E-state index contributed by atoms with van der Waals surface area (Å²) in [4.78, 5) is 23.0. The van der Waals surface area contributed by atoms with Crippen molar-refractivity contribution in [2.24, 2.45) is 0 Å². The van der Waals surface area contributed by atoms with Crippen molar-refractivity contribution in [1.29, 1.82) is 0 Å². The van der Waals surface area contributed by atoms with Crippen molar-refractivity contribution in [3.8, 4) is 0 Å². The van der Waals surface area contributed by atoms with Crippen molar-refractivity contribution in [1.82, 2.24) is 10.6 Å². The number of ether oxygens (including phenoxy) is 2. The Hall–Kier alpha value is -1.14. The Balaban J connectivity index is 3.96. The first-order valence-electron chi connectivity index (χ1n) is 5.62. The lowest BCUT2D eigenvalue weighted by molar-refractivity contribution is -0.151. The zero-order valence-corrected chi connectivity index (χ0v) is 11.0. The minimum absolute atomic E-state index is 0.145. The lowest BCUT2D eigenvalue weighted by Crippen LogP contribution is -2.52. The quantitative estimate of drug-likeness (QED) is 0.453. The number of esters is 1. The molecule has 2 N–H and O–H groups in total. The van der Waals surface area contributed by atoms with Gasteiger partial charge in [-0.15, -0.1) is 0 Å². The van der Waals surface area contributed by atoms with Gasteiger partial charge in [0.15, 0.2) is 0 Å². The lowest BCUT2D eigenvalue weighted by atomic mass is 10.1. The number of amides is 1. The van der Waals surface area contributed by atoms with Crippen molar-refractivity contribution in [3.63, 3.8) is 0 Å². The van der Waals surface area contributed by atoms with Gasteiger partial charge >= 0.3 is 5.97 Å². The third kappa shape index (κ3) is 6.91. The molecule has 0 saturated carbocycles. The zero-order chi connectivity index (χ0) is 13.3. The molecular weight excluding hydrogens is 224 g/mol. The number of carbonyl (C=O) groups is 2. The molecular formula is C11H22N2O4. The van der Waals surface area contributed by atoms with E-state index in [0.29, 0.717) is 19.8 Å². The number of carbonyl (C=O) groups excluding carboxylic acids is 2. The van der Waals surface area contributed by atoms with E-state index in [9.17, 15) is 9.59 Å². The highest BCUT2D eigenvalue weighted by molar-refractivity contribution is 5.88. The van der Waals surface area contributed by atoms with Crippen molar-refractivity contribution in [2.45, 2.75) is 26.3 Å². The SMILES string of the molecule is CCOC(=O)C(C)(C)NC(=O)CNCCOC. The second-order valence-corrected chi connectivity index (χ2v) is 4.06. The second-order valence-electron chi connectivity index (χ2n) is 4.06. The molecule has 0 atom stereocenters. The normalized spacial score (nSPS) is 11.1. The molecule has 0 spiro atoms. The summed E-state index contributed by atoms with van der Waals surface area (Å²) in [7, 11) is 1.59. The summed E-state index contributed by atoms with van der Waals surface area (Å²) in [6, 6.07) is 0. The van der Waals surface area contributed by atoms with Crippen LogP contribution < -0.4 is 10.6 Å². The molecule has 0 heterocycles. The highest BCUT2D eigenvalue weighted by Gasteiger charge is 2.30. The monoisotopic (exact) mass is 246 g/mol. The minimum Gasteiger partial charge on any atom is -0.464 e. The topological polar surface area (TPSA) is 76.7 Å². The van der Waals surface area contributed by atoms with Gasteiger partial charge in [0.1, 0.15) is 5.54 Å². The van der Waals surface area contributed by atoms with Gasteiger partial charge in [-0.05, 0) is 20.8 Å². The van der Waals surface area contributed by atoms with E-state index in [1.165, 1.54) is 0 Å². The van der Waals surface area contributed by atoms with Crippen molar-refractivity contribution >= 4 is 11.9 Å². The standard InChI is InChI=1S/C11H22N2O4/c1-5-17-10(15)11(2,3)13-9(14)8-12-6-7-16-4/h12H,5-8H2,1-4H3,(H,13,14). The summed E-state index contributed by atoms with van der Waals surface area (Å²) in [5.41, 5.74) is -1.00. The van der Waals surface area contributed by atoms with Crippen LogP contribution >= 0.6 is 0 Å². The van der Waals surface area contributed by atoms with Crippen LogP contribution in [0.3, 0.4) is 0 Å². The Labute approximate surface area is 102 Å². The average Bonchev–Trinajstić information content (AvgIpc) is 2.24. The third-order valence-electron chi connectivity index (χ3n) is 2.01. The predicted octanol–water partition coefficient (Wildman–Crippen LogP) is -0.320. The van der Waals surface area contributed by atoms with Crippen LogP contribution in [0.5, 0.6) is 0 Å². The van der Waals surface area contributed by atoms with Gasteiger partial charge in [0.2, 0.25) is 5.91 Å². The Bertz CT molecular complexity index is 254. The van der Waals surface area contributed by atoms with Crippen molar-refractivity contribution in [3.05, 3.63) is 0 Å². The molecule has 6 heteroatoms. The molecule has 0 aliphatic rings. The summed E-state index contributed by atoms with van der Waals surface area (Å²) < 4.78 is 9.68. The van der Waals surface area contributed by atoms with Gasteiger partial charge in [-0.25, -0.2) is 4.79 Å². The maximum absolute atomic E-state index is 11.5. The molecule has 0 rings (SSSR count). The molecule has 1 amide bonds. The van der Waals surface area contributed by atoms with Gasteiger partial charge in [-0.1, -0.05) is 0 Å². The number of rotatable bonds is 8. The fourth-order valence-electron chi connectivity index (χ4n) is 1.13. The minimum atomic E-state index is -1.00. The number of nitrogens with one attached hydrogen (secondary N) is 2. The molecule has 17 heavy (non-hydrogen) atoms. The molecule has 0 unspecified atom stereocenters. The van der Waals surface area contributed by atoms with Crippen LogP contribution in [0, 0.1) is 0 Å². The first-order chi connectivity index (χ1) is 7.94. The highest BCUT2D eigenvalue weighted by atomic mass is 16.5. The summed E-state index contributed by atoms with van der Waals surface area (Å²) in [5, 5.41) is 5.49. The predicted molar refractivity (Wildman–Crippen MR) is 63.6 cm³/mol. The van der Waals surface area contributed by atoms with Gasteiger partial charge < -0.3 is 20.1 Å². The maximum atomic E-state index is 11.5. The number of hydrogen-bond acceptors (Lipinski definition) is 5. The largest absolute Gasteiger partial charge is 0.464 e. The molecule has 0 aliphatic heterocycles. The van der Waals surface area contributed by atoms with E-state index < -0.39 is 11.5 Å². The Morgan fingerprint density at radius 1 is 1.29 bits per heavy atom. The molecule has 0 radical (unpaired) electrons. The number of hydrogen-bond donors (Lipinski definition) is 2. The van der Waals surface area contributed by atoms with E-state index in [1.54, 1.807) is 27.9 Å². The Kier molecular flexibility index (Phi) is 7.49. The van der Waals surface area contributed by atoms with Gasteiger partial charge in [0.05, 0.1) is 19.8 Å². The molecule has 0 aromatic carbocycles. The van der Waals surface area contributed by atoms with Gasteiger partial charge in [0, 0.05) is 13.7 Å². The fraction of sp³-hybridized carbons (Fsp3) is 0.818. The van der Waals surface area contributed by atoms with E-state index in [0.717, 1.165) is 0 Å². The number of methoxy groups -OCH3 is 1.